The molecule has 7 nitrogen and oxygen atoms in total. The zero-order valence-electron chi connectivity index (χ0n) is 23.2. The van der Waals surface area contributed by atoms with Crippen LogP contribution in [0.15, 0.2) is 115 Å². The van der Waals surface area contributed by atoms with Crippen molar-refractivity contribution < 1.29 is 24.1 Å². The summed E-state index contributed by atoms with van der Waals surface area (Å²) < 4.78 is 18.0. The standard InChI is InChI=1S/C34H34N2O5S/c1-2-19-39-34(38)36-21-28-7-3-4-8-30(28)25-14-16-27(17-15-25)33-40-29(23-42-32-9-5-6-18-35-32)20-31(41-33)26-12-10-24(22-37)11-13-26/h2-18,29,31,33,37H,1,19-23H2,(H,36,38). The second-order valence-electron chi connectivity index (χ2n) is 9.85. The maximum atomic E-state index is 11.9. The Morgan fingerprint density at radius 1 is 1.00 bits per heavy atom. The third-order valence-corrected chi connectivity index (χ3v) is 8.01. The molecule has 0 saturated carbocycles. The molecule has 3 aromatic carbocycles. The Kier molecular flexibility index (Phi) is 10.4. The topological polar surface area (TPSA) is 89.9 Å². The van der Waals surface area contributed by atoms with Gasteiger partial charge in [-0.2, -0.15) is 0 Å². The summed E-state index contributed by atoms with van der Waals surface area (Å²) in [6.45, 7) is 4.08. The van der Waals surface area contributed by atoms with E-state index in [-0.39, 0.29) is 25.4 Å². The number of amides is 1. The number of thioether (sulfide) groups is 1. The van der Waals surface area contributed by atoms with Gasteiger partial charge in [0.15, 0.2) is 6.29 Å². The van der Waals surface area contributed by atoms with Gasteiger partial charge in [0.1, 0.15) is 6.61 Å². The number of nitrogens with zero attached hydrogens (tertiary/aromatic N) is 1. The van der Waals surface area contributed by atoms with Gasteiger partial charge in [0.2, 0.25) is 0 Å². The highest BCUT2D eigenvalue weighted by atomic mass is 32.2. The average molecular weight is 583 g/mol. The summed E-state index contributed by atoms with van der Waals surface area (Å²) >= 11 is 1.67. The molecule has 2 heterocycles. The number of pyridine rings is 1. The van der Waals surface area contributed by atoms with Crippen molar-refractivity contribution in [3.63, 3.8) is 0 Å². The van der Waals surface area contributed by atoms with E-state index in [1.54, 1.807) is 18.0 Å². The fourth-order valence-electron chi connectivity index (χ4n) is 4.76. The van der Waals surface area contributed by atoms with E-state index in [1.807, 2.05) is 91.0 Å². The molecule has 1 aliphatic heterocycles. The lowest BCUT2D eigenvalue weighted by Crippen LogP contribution is -2.31. The van der Waals surface area contributed by atoms with Gasteiger partial charge in [0.05, 0.1) is 23.8 Å². The molecule has 1 aliphatic rings. The first-order valence-corrected chi connectivity index (χ1v) is 14.9. The van der Waals surface area contributed by atoms with Crippen molar-refractivity contribution in [2.24, 2.45) is 0 Å². The normalized spacial score (nSPS) is 18.3. The third-order valence-electron chi connectivity index (χ3n) is 6.94. The maximum Gasteiger partial charge on any atom is 0.407 e. The van der Waals surface area contributed by atoms with Gasteiger partial charge in [-0.3, -0.25) is 0 Å². The molecule has 1 saturated heterocycles. The minimum Gasteiger partial charge on any atom is -0.445 e. The van der Waals surface area contributed by atoms with E-state index >= 15 is 0 Å². The van der Waals surface area contributed by atoms with Gasteiger partial charge in [-0.15, -0.1) is 11.8 Å². The first-order chi connectivity index (χ1) is 20.6. The SMILES string of the molecule is C=CCOC(=O)NCc1ccccc1-c1ccc(C2OC(CSc3ccccn3)CC(c3ccc(CO)cc3)O2)cc1. The van der Waals surface area contributed by atoms with Gasteiger partial charge in [-0.05, 0) is 39.9 Å². The van der Waals surface area contributed by atoms with Gasteiger partial charge >= 0.3 is 6.09 Å². The number of hydrogen-bond donors (Lipinski definition) is 2. The zero-order chi connectivity index (χ0) is 29.1. The molecule has 216 valence electrons. The molecule has 1 aromatic heterocycles. The van der Waals surface area contributed by atoms with Crippen molar-refractivity contribution in [2.75, 3.05) is 12.4 Å². The molecule has 3 unspecified atom stereocenters. The van der Waals surface area contributed by atoms with Gasteiger partial charge in [-0.1, -0.05) is 91.5 Å². The van der Waals surface area contributed by atoms with Crippen molar-refractivity contribution in [3.05, 3.63) is 132 Å². The highest BCUT2D eigenvalue weighted by Crippen LogP contribution is 2.40. The van der Waals surface area contributed by atoms with Crippen LogP contribution in [0.25, 0.3) is 11.1 Å². The fraction of sp³-hybridized carbons (Fsp3) is 0.235. The number of nitrogens with one attached hydrogen (secondary N) is 1. The highest BCUT2D eigenvalue weighted by Gasteiger charge is 2.32. The van der Waals surface area contributed by atoms with Crippen LogP contribution in [0.4, 0.5) is 4.79 Å². The molecule has 0 aliphatic carbocycles. The predicted octanol–water partition coefficient (Wildman–Crippen LogP) is 6.99. The first-order valence-electron chi connectivity index (χ1n) is 13.9. The predicted molar refractivity (Wildman–Crippen MR) is 164 cm³/mol. The molecule has 4 aromatic rings. The van der Waals surface area contributed by atoms with E-state index < -0.39 is 12.4 Å². The summed E-state index contributed by atoms with van der Waals surface area (Å²) in [7, 11) is 0. The van der Waals surface area contributed by atoms with E-state index in [2.05, 4.69) is 16.9 Å². The second kappa shape index (κ2) is 14.8. The van der Waals surface area contributed by atoms with Crippen molar-refractivity contribution in [1.82, 2.24) is 10.3 Å². The molecular formula is C34H34N2O5S. The number of ether oxygens (including phenoxy) is 3. The molecule has 1 fully saturated rings. The van der Waals surface area contributed by atoms with Gasteiger partial charge in [-0.25, -0.2) is 9.78 Å². The largest absolute Gasteiger partial charge is 0.445 e. The Hall–Kier alpha value is -3.95. The van der Waals surface area contributed by atoms with E-state index in [9.17, 15) is 9.90 Å². The summed E-state index contributed by atoms with van der Waals surface area (Å²) in [5, 5.41) is 13.2. The van der Waals surface area contributed by atoms with Crippen LogP contribution in [0.3, 0.4) is 0 Å². The summed E-state index contributed by atoms with van der Waals surface area (Å²) in [4.78, 5) is 16.4. The van der Waals surface area contributed by atoms with Gasteiger partial charge in [0.25, 0.3) is 0 Å². The average Bonchev–Trinajstić information content (AvgIpc) is 3.06. The summed E-state index contributed by atoms with van der Waals surface area (Å²) in [6, 6.07) is 29.9. The smallest absolute Gasteiger partial charge is 0.407 e. The number of hydrogen-bond acceptors (Lipinski definition) is 7. The van der Waals surface area contributed by atoms with Crippen molar-refractivity contribution in [1.29, 1.82) is 0 Å². The fourth-order valence-corrected chi connectivity index (χ4v) is 5.64. The van der Waals surface area contributed by atoms with E-state index in [0.29, 0.717) is 13.0 Å². The number of carbonyl (C=O) groups is 1. The second-order valence-corrected chi connectivity index (χ2v) is 10.9. The first kappa shape index (κ1) is 29.5. The van der Waals surface area contributed by atoms with Crippen LogP contribution in [-0.2, 0) is 27.4 Å². The Morgan fingerprint density at radius 3 is 2.50 bits per heavy atom. The number of alkyl carbamates (subject to hydrolysis) is 1. The number of benzene rings is 3. The van der Waals surface area contributed by atoms with Crippen molar-refractivity contribution in [2.45, 2.75) is 43.1 Å². The summed E-state index contributed by atoms with van der Waals surface area (Å²) in [5.41, 5.74) is 5.85. The molecule has 0 spiro atoms. The van der Waals surface area contributed by atoms with Crippen LogP contribution < -0.4 is 5.32 Å². The number of aromatic nitrogens is 1. The Morgan fingerprint density at radius 2 is 1.76 bits per heavy atom. The summed E-state index contributed by atoms with van der Waals surface area (Å²) in [6.07, 6.45) is 2.81. The minimum absolute atomic E-state index is 0.00577. The minimum atomic E-state index is -0.541. The molecule has 0 bridgehead atoms. The van der Waals surface area contributed by atoms with Crippen LogP contribution in [0.1, 0.15) is 41.1 Å². The lowest BCUT2D eigenvalue weighted by atomic mass is 9.98. The van der Waals surface area contributed by atoms with E-state index in [1.165, 1.54) is 6.08 Å². The van der Waals surface area contributed by atoms with Crippen LogP contribution >= 0.6 is 11.8 Å². The van der Waals surface area contributed by atoms with E-state index in [4.69, 9.17) is 14.2 Å². The summed E-state index contributed by atoms with van der Waals surface area (Å²) in [5.74, 6) is 0.746. The number of aliphatic hydroxyl groups excluding tert-OH is 1. The highest BCUT2D eigenvalue weighted by molar-refractivity contribution is 7.99. The number of carbonyl (C=O) groups excluding carboxylic acids is 1. The van der Waals surface area contributed by atoms with Crippen LogP contribution in [0.2, 0.25) is 0 Å². The molecule has 3 atom stereocenters. The monoisotopic (exact) mass is 582 g/mol. The van der Waals surface area contributed by atoms with Gasteiger partial charge in [0, 0.05) is 30.5 Å². The van der Waals surface area contributed by atoms with E-state index in [0.717, 1.165) is 44.2 Å². The zero-order valence-corrected chi connectivity index (χ0v) is 24.0. The number of aliphatic hydroxyl groups is 1. The molecule has 5 rings (SSSR count). The third kappa shape index (κ3) is 7.86. The lowest BCUT2D eigenvalue weighted by Gasteiger charge is -2.36. The molecule has 0 radical (unpaired) electrons. The van der Waals surface area contributed by atoms with Crippen molar-refractivity contribution >= 4 is 17.9 Å². The Labute approximate surface area is 250 Å². The Balaban J connectivity index is 1.32. The van der Waals surface area contributed by atoms with Crippen LogP contribution in [0.5, 0.6) is 0 Å². The molecular weight excluding hydrogens is 548 g/mol. The molecule has 42 heavy (non-hydrogen) atoms. The van der Waals surface area contributed by atoms with Crippen molar-refractivity contribution in [3.8, 4) is 11.1 Å². The molecule has 2 N–H and O–H groups in total. The Bertz CT molecular complexity index is 1450. The van der Waals surface area contributed by atoms with Gasteiger partial charge < -0.3 is 24.6 Å². The molecule has 1 amide bonds. The number of rotatable bonds is 11. The quantitative estimate of drug-likeness (QED) is 0.146. The van der Waals surface area contributed by atoms with Crippen LogP contribution in [-0.4, -0.2) is 34.6 Å². The molecule has 8 heteroatoms. The van der Waals surface area contributed by atoms with Crippen LogP contribution in [0, 0.1) is 0 Å². The lowest BCUT2D eigenvalue weighted by molar-refractivity contribution is -0.245. The maximum absolute atomic E-state index is 11.9.